The number of nitrogens with one attached hydrogen (secondary N) is 1. The highest BCUT2D eigenvalue weighted by molar-refractivity contribution is 8.00. The number of hydrogen-bond acceptors (Lipinski definition) is 5. The first-order valence-electron chi connectivity index (χ1n) is 9.05. The fourth-order valence-electron chi connectivity index (χ4n) is 2.74. The number of nitrogens with zero attached hydrogens (tertiary/aromatic N) is 3. The van der Waals surface area contributed by atoms with Crippen LogP contribution in [-0.4, -0.2) is 25.9 Å². The van der Waals surface area contributed by atoms with E-state index in [1.54, 1.807) is 6.26 Å². The highest BCUT2D eigenvalue weighted by atomic mass is 32.2. The Morgan fingerprint density at radius 3 is 2.59 bits per heavy atom. The highest BCUT2D eigenvalue weighted by Gasteiger charge is 2.27. The average molecular weight is 385 g/mol. The molecule has 0 aliphatic heterocycles. The van der Waals surface area contributed by atoms with Gasteiger partial charge in [-0.2, -0.15) is 0 Å². The molecule has 1 N–H and O–H groups in total. The lowest BCUT2D eigenvalue weighted by Gasteiger charge is -2.19. The number of rotatable bonds is 8. The maximum absolute atomic E-state index is 12.8. The zero-order chi connectivity index (χ0) is 19.2. The molecule has 6 nitrogen and oxygen atoms in total. The minimum Gasteiger partial charge on any atom is -0.461 e. The Morgan fingerprint density at radius 2 is 1.96 bits per heavy atom. The molecule has 142 valence electrons. The molecular formula is C20H24N4O2S. The van der Waals surface area contributed by atoms with Crippen molar-refractivity contribution < 1.29 is 9.21 Å². The summed E-state index contributed by atoms with van der Waals surface area (Å²) in [5.74, 6) is 1.51. The summed E-state index contributed by atoms with van der Waals surface area (Å²) in [5, 5.41) is 12.1. The van der Waals surface area contributed by atoms with Crippen molar-refractivity contribution >= 4 is 17.7 Å². The Labute approximate surface area is 163 Å². The lowest BCUT2D eigenvalue weighted by atomic mass is 10.1. The summed E-state index contributed by atoms with van der Waals surface area (Å²) in [7, 11) is 0. The van der Waals surface area contributed by atoms with Crippen LogP contribution in [0.25, 0.3) is 11.6 Å². The van der Waals surface area contributed by atoms with Gasteiger partial charge in [-0.25, -0.2) is 0 Å². The van der Waals surface area contributed by atoms with Crippen LogP contribution >= 0.6 is 11.8 Å². The molecule has 3 rings (SSSR count). The standard InChI is InChI=1S/C20H24N4O2S/c1-4-24-18(16-11-8-12-26-16)22-23-20(24)27-17(14(2)3)19(25)21-13-15-9-6-5-7-10-15/h5-12,14,17H,4,13H2,1-3H3,(H,21,25)/t17-/m0/s1. The molecular weight excluding hydrogens is 360 g/mol. The fraction of sp³-hybridized carbons (Fsp3) is 0.350. The van der Waals surface area contributed by atoms with E-state index in [2.05, 4.69) is 15.5 Å². The van der Waals surface area contributed by atoms with Gasteiger partial charge in [0.1, 0.15) is 0 Å². The van der Waals surface area contributed by atoms with E-state index in [0.717, 1.165) is 10.7 Å². The summed E-state index contributed by atoms with van der Waals surface area (Å²) < 4.78 is 7.43. The van der Waals surface area contributed by atoms with Gasteiger partial charge < -0.3 is 9.73 Å². The number of carbonyl (C=O) groups excluding carboxylic acids is 1. The maximum Gasteiger partial charge on any atom is 0.234 e. The van der Waals surface area contributed by atoms with Gasteiger partial charge in [0.05, 0.1) is 11.5 Å². The number of amides is 1. The molecule has 27 heavy (non-hydrogen) atoms. The van der Waals surface area contributed by atoms with E-state index in [4.69, 9.17) is 4.42 Å². The van der Waals surface area contributed by atoms with E-state index < -0.39 is 0 Å². The van der Waals surface area contributed by atoms with Gasteiger partial charge in [-0.15, -0.1) is 10.2 Å². The molecule has 0 aliphatic carbocycles. The first-order valence-corrected chi connectivity index (χ1v) is 9.93. The van der Waals surface area contributed by atoms with Crippen LogP contribution in [-0.2, 0) is 17.9 Å². The number of furan rings is 1. The van der Waals surface area contributed by atoms with Gasteiger partial charge in [-0.1, -0.05) is 55.9 Å². The minimum absolute atomic E-state index is 0.00375. The molecule has 0 unspecified atom stereocenters. The third-order valence-electron chi connectivity index (χ3n) is 4.18. The number of benzene rings is 1. The number of thioether (sulfide) groups is 1. The van der Waals surface area contributed by atoms with Crippen molar-refractivity contribution in [3.8, 4) is 11.6 Å². The van der Waals surface area contributed by atoms with Gasteiger partial charge in [-0.05, 0) is 30.5 Å². The molecule has 2 aromatic heterocycles. The van der Waals surface area contributed by atoms with Crippen molar-refractivity contribution in [3.63, 3.8) is 0 Å². The summed E-state index contributed by atoms with van der Waals surface area (Å²) in [4.78, 5) is 12.8. The van der Waals surface area contributed by atoms with Crippen molar-refractivity contribution in [1.29, 1.82) is 0 Å². The predicted octanol–water partition coefficient (Wildman–Crippen LogP) is 3.99. The minimum atomic E-state index is -0.257. The second-order valence-electron chi connectivity index (χ2n) is 6.51. The number of aromatic nitrogens is 3. The average Bonchev–Trinajstić information content (AvgIpc) is 3.33. The van der Waals surface area contributed by atoms with Gasteiger partial charge in [0.15, 0.2) is 16.7 Å². The quantitative estimate of drug-likeness (QED) is 0.595. The van der Waals surface area contributed by atoms with Crippen LogP contribution in [0.2, 0.25) is 0 Å². The van der Waals surface area contributed by atoms with Gasteiger partial charge in [0.25, 0.3) is 0 Å². The van der Waals surface area contributed by atoms with Crippen LogP contribution in [0, 0.1) is 5.92 Å². The van der Waals surface area contributed by atoms with Crippen molar-refractivity contribution in [2.75, 3.05) is 0 Å². The molecule has 0 saturated heterocycles. The topological polar surface area (TPSA) is 73.0 Å². The van der Waals surface area contributed by atoms with Gasteiger partial charge in [0, 0.05) is 13.1 Å². The monoisotopic (exact) mass is 384 g/mol. The van der Waals surface area contributed by atoms with Crippen LogP contribution in [0.5, 0.6) is 0 Å². The van der Waals surface area contributed by atoms with Gasteiger partial charge in [-0.3, -0.25) is 9.36 Å². The summed E-state index contributed by atoms with van der Waals surface area (Å²) in [6.45, 7) is 7.32. The van der Waals surface area contributed by atoms with Crippen LogP contribution < -0.4 is 5.32 Å². The molecule has 1 amide bonds. The zero-order valence-corrected chi connectivity index (χ0v) is 16.6. The van der Waals surface area contributed by atoms with Gasteiger partial charge >= 0.3 is 0 Å². The summed E-state index contributed by atoms with van der Waals surface area (Å²) >= 11 is 1.45. The molecule has 1 atom stereocenters. The SMILES string of the molecule is CCn1c(S[C@H](C(=O)NCc2ccccc2)C(C)C)nnc1-c1ccco1. The first-order chi connectivity index (χ1) is 13.1. The number of carbonyl (C=O) groups is 1. The summed E-state index contributed by atoms with van der Waals surface area (Å²) in [6, 6.07) is 13.6. The van der Waals surface area contributed by atoms with E-state index in [1.165, 1.54) is 11.8 Å². The van der Waals surface area contributed by atoms with Crippen molar-refractivity contribution in [3.05, 3.63) is 54.3 Å². The molecule has 7 heteroatoms. The van der Waals surface area contributed by atoms with E-state index in [0.29, 0.717) is 24.7 Å². The maximum atomic E-state index is 12.8. The highest BCUT2D eigenvalue weighted by Crippen LogP contribution is 2.30. The Bertz CT molecular complexity index is 860. The third kappa shape index (κ3) is 4.60. The normalized spacial score (nSPS) is 12.3. The second-order valence-corrected chi connectivity index (χ2v) is 7.62. The van der Waals surface area contributed by atoms with Crippen LogP contribution in [0.4, 0.5) is 0 Å². The molecule has 2 heterocycles. The number of hydrogen-bond donors (Lipinski definition) is 1. The summed E-state index contributed by atoms with van der Waals surface area (Å²) in [6.07, 6.45) is 1.62. The predicted molar refractivity (Wildman–Crippen MR) is 106 cm³/mol. The largest absolute Gasteiger partial charge is 0.461 e. The van der Waals surface area contributed by atoms with Crippen LogP contribution in [0.1, 0.15) is 26.3 Å². The molecule has 0 radical (unpaired) electrons. The molecule has 0 saturated carbocycles. The molecule has 0 bridgehead atoms. The molecule has 0 spiro atoms. The van der Waals surface area contributed by atoms with Crippen LogP contribution in [0.3, 0.4) is 0 Å². The van der Waals surface area contributed by atoms with Gasteiger partial charge in [0.2, 0.25) is 5.91 Å². The third-order valence-corrected chi connectivity index (χ3v) is 5.71. The van der Waals surface area contributed by atoms with Crippen molar-refractivity contribution in [2.45, 2.75) is 44.3 Å². The fourth-order valence-corrected chi connectivity index (χ4v) is 3.86. The van der Waals surface area contributed by atoms with Crippen LogP contribution in [0.15, 0.2) is 58.3 Å². The Balaban J connectivity index is 1.73. The van der Waals surface area contributed by atoms with E-state index >= 15 is 0 Å². The smallest absolute Gasteiger partial charge is 0.234 e. The van der Waals surface area contributed by atoms with E-state index in [9.17, 15) is 4.79 Å². The molecule has 0 fully saturated rings. The Morgan fingerprint density at radius 1 is 1.19 bits per heavy atom. The van der Waals surface area contributed by atoms with Crippen molar-refractivity contribution in [2.24, 2.45) is 5.92 Å². The molecule has 0 aliphatic rings. The second kappa shape index (κ2) is 8.90. The van der Waals surface area contributed by atoms with E-state index in [-0.39, 0.29) is 17.1 Å². The lowest BCUT2D eigenvalue weighted by Crippen LogP contribution is -2.35. The summed E-state index contributed by atoms with van der Waals surface area (Å²) in [5.41, 5.74) is 1.08. The lowest BCUT2D eigenvalue weighted by molar-refractivity contribution is -0.121. The Hall–Kier alpha value is -2.54. The zero-order valence-electron chi connectivity index (χ0n) is 15.8. The van der Waals surface area contributed by atoms with E-state index in [1.807, 2.05) is 67.8 Å². The Kier molecular flexibility index (Phi) is 6.34. The van der Waals surface area contributed by atoms with Crippen molar-refractivity contribution in [1.82, 2.24) is 20.1 Å². The first kappa shape index (κ1) is 19.2. The molecule has 3 aromatic rings. The molecule has 1 aromatic carbocycles.